The molecule has 1 amide bonds. The minimum atomic E-state index is -0.517. The van der Waals surface area contributed by atoms with Crippen LogP contribution in [0.2, 0.25) is 0 Å². The smallest absolute Gasteiger partial charge is 0.414 e. The first-order valence-corrected chi connectivity index (χ1v) is 9.15. The number of thiocarbonyl (C=S) groups is 1. The summed E-state index contributed by atoms with van der Waals surface area (Å²) in [5, 5.41) is 12.0. The number of carbonyl (C=O) groups is 1. The van der Waals surface area contributed by atoms with E-state index in [0.29, 0.717) is 24.2 Å². The summed E-state index contributed by atoms with van der Waals surface area (Å²) >= 11 is 6.00. The summed E-state index contributed by atoms with van der Waals surface area (Å²) in [6.07, 6.45) is 0.462. The molecule has 2 fully saturated rings. The van der Waals surface area contributed by atoms with E-state index in [1.54, 1.807) is 12.1 Å². The Labute approximate surface area is 148 Å². The van der Waals surface area contributed by atoms with Gasteiger partial charge < -0.3 is 9.84 Å². The van der Waals surface area contributed by atoms with Gasteiger partial charge in [-0.3, -0.25) is 4.90 Å². The van der Waals surface area contributed by atoms with Gasteiger partial charge in [-0.15, -0.1) is 11.8 Å². The normalized spacial score (nSPS) is 26.8. The number of aliphatic imine (C=N–C) groups is 1. The van der Waals surface area contributed by atoms with Crippen molar-refractivity contribution in [1.82, 2.24) is 0 Å². The maximum atomic E-state index is 14.5. The highest BCUT2D eigenvalue weighted by atomic mass is 32.2. The van der Waals surface area contributed by atoms with Crippen LogP contribution in [0.1, 0.15) is 24.3 Å². The molecule has 1 N–H and O–H groups in total. The molecule has 1 aromatic carbocycles. The molecule has 2 heterocycles. The number of hydrogen-bond donors (Lipinski definition) is 1. The number of aliphatic hydroxyl groups excluding tert-OH is 1. The van der Waals surface area contributed by atoms with Crippen LogP contribution in [-0.4, -0.2) is 46.7 Å². The molecule has 0 spiro atoms. The van der Waals surface area contributed by atoms with Gasteiger partial charge in [-0.25, -0.2) is 14.2 Å². The molecule has 1 aromatic rings. The summed E-state index contributed by atoms with van der Waals surface area (Å²) in [5.41, 5.74) is 0.604. The van der Waals surface area contributed by atoms with E-state index >= 15 is 0 Å². The van der Waals surface area contributed by atoms with Crippen molar-refractivity contribution in [3.05, 3.63) is 29.6 Å². The van der Waals surface area contributed by atoms with Gasteiger partial charge in [-0.05, 0) is 54.4 Å². The Balaban J connectivity index is 1.75. The maximum Gasteiger partial charge on any atom is 0.414 e. The summed E-state index contributed by atoms with van der Waals surface area (Å²) in [4.78, 5) is 17.1. The third-order valence-corrected chi connectivity index (χ3v) is 5.41. The van der Waals surface area contributed by atoms with Crippen molar-refractivity contribution in [2.24, 2.45) is 4.99 Å². The van der Waals surface area contributed by atoms with Crippen LogP contribution in [0.3, 0.4) is 0 Å². The second-order valence-electron chi connectivity index (χ2n) is 5.80. The number of thioether (sulfide) groups is 1. The monoisotopic (exact) mass is 368 g/mol. The highest BCUT2D eigenvalue weighted by molar-refractivity contribution is 7.99. The van der Waals surface area contributed by atoms with Crippen LogP contribution in [0.5, 0.6) is 0 Å². The number of isothiocyanates is 1. The molecule has 24 heavy (non-hydrogen) atoms. The molecule has 128 valence electrons. The Kier molecular flexibility index (Phi) is 5.50. The van der Waals surface area contributed by atoms with Gasteiger partial charge in [0.2, 0.25) is 0 Å². The highest BCUT2D eigenvalue weighted by Gasteiger charge is 2.33. The number of cyclic esters (lactones) is 1. The van der Waals surface area contributed by atoms with Gasteiger partial charge in [0.25, 0.3) is 0 Å². The predicted octanol–water partition coefficient (Wildman–Crippen LogP) is 3.18. The van der Waals surface area contributed by atoms with Crippen LogP contribution in [0.15, 0.2) is 23.2 Å². The summed E-state index contributed by atoms with van der Waals surface area (Å²) in [6, 6.07) is 4.78. The topological polar surface area (TPSA) is 62.1 Å². The molecule has 2 aliphatic rings. The molecule has 0 bridgehead atoms. The van der Waals surface area contributed by atoms with Crippen LogP contribution in [0.25, 0.3) is 0 Å². The van der Waals surface area contributed by atoms with Gasteiger partial charge in [0.05, 0.1) is 29.4 Å². The second-order valence-corrected chi connectivity index (χ2v) is 7.27. The second kappa shape index (κ2) is 7.61. The van der Waals surface area contributed by atoms with E-state index in [9.17, 15) is 14.3 Å². The standard InChI is InChI=1S/C16H17FN2O3S2/c17-14-6-11(19-8-12(7-18-9-23)22-16(19)21)1-2-13(14)10-3-4-24-15(20)5-10/h1-2,6,10,12,15,20H,3-5,7-8H2/t10-,12?,15-/m0/s1. The fourth-order valence-corrected chi connectivity index (χ4v) is 4.18. The number of ether oxygens (including phenoxy) is 1. The molecule has 0 saturated carbocycles. The van der Waals surface area contributed by atoms with Crippen molar-refractivity contribution in [1.29, 1.82) is 0 Å². The fourth-order valence-electron chi connectivity index (χ4n) is 3.04. The van der Waals surface area contributed by atoms with Gasteiger partial charge in [0.1, 0.15) is 11.9 Å². The van der Waals surface area contributed by atoms with Crippen LogP contribution in [0, 0.1) is 5.82 Å². The minimum Gasteiger partial charge on any atom is -0.442 e. The Morgan fingerprint density at radius 3 is 3.08 bits per heavy atom. The van der Waals surface area contributed by atoms with Gasteiger partial charge in [-0.1, -0.05) is 6.07 Å². The molecule has 5 nitrogen and oxygen atoms in total. The minimum absolute atomic E-state index is 0.00510. The highest BCUT2D eigenvalue weighted by Crippen LogP contribution is 2.37. The molecule has 2 aliphatic heterocycles. The number of nitrogens with zero attached hydrogens (tertiary/aromatic N) is 2. The van der Waals surface area contributed by atoms with E-state index in [1.165, 1.54) is 22.7 Å². The Hall–Kier alpha value is -1.47. The van der Waals surface area contributed by atoms with Gasteiger partial charge in [0.15, 0.2) is 0 Å². The zero-order chi connectivity index (χ0) is 17.1. The largest absolute Gasteiger partial charge is 0.442 e. The zero-order valence-electron chi connectivity index (χ0n) is 12.9. The lowest BCUT2D eigenvalue weighted by atomic mass is 9.92. The van der Waals surface area contributed by atoms with E-state index < -0.39 is 17.6 Å². The van der Waals surface area contributed by atoms with Gasteiger partial charge >= 0.3 is 6.09 Å². The number of amides is 1. The Morgan fingerprint density at radius 2 is 2.38 bits per heavy atom. The SMILES string of the molecule is O=C1OC(CN=C=S)CN1c1ccc([C@H]2CCS[C@H](O)C2)c(F)c1. The molecular formula is C16H17FN2O3S2. The van der Waals surface area contributed by atoms with Crippen molar-refractivity contribution in [2.45, 2.75) is 30.3 Å². The lowest BCUT2D eigenvalue weighted by molar-refractivity contribution is 0.145. The van der Waals surface area contributed by atoms with Crippen molar-refractivity contribution in [3.8, 4) is 0 Å². The molecule has 3 rings (SSSR count). The molecule has 3 atom stereocenters. The van der Waals surface area contributed by atoms with Gasteiger partial charge in [0, 0.05) is 0 Å². The van der Waals surface area contributed by atoms with Crippen LogP contribution in [-0.2, 0) is 4.74 Å². The molecular weight excluding hydrogens is 351 g/mol. The van der Waals surface area contributed by atoms with E-state index in [2.05, 4.69) is 22.4 Å². The third kappa shape index (κ3) is 3.78. The number of hydrogen-bond acceptors (Lipinski definition) is 6. The van der Waals surface area contributed by atoms with Crippen molar-refractivity contribution < 1.29 is 19.0 Å². The summed E-state index contributed by atoms with van der Waals surface area (Å²) in [5.74, 6) is 0.461. The number of carbonyl (C=O) groups excluding carboxylic acids is 1. The van der Waals surface area contributed by atoms with E-state index in [4.69, 9.17) is 4.74 Å². The van der Waals surface area contributed by atoms with Crippen molar-refractivity contribution in [2.75, 3.05) is 23.7 Å². The number of anilines is 1. The zero-order valence-corrected chi connectivity index (χ0v) is 14.5. The van der Waals surface area contributed by atoms with Crippen molar-refractivity contribution >= 4 is 40.9 Å². The number of halogens is 1. The third-order valence-electron chi connectivity index (χ3n) is 4.23. The Morgan fingerprint density at radius 1 is 1.54 bits per heavy atom. The number of benzene rings is 1. The summed E-state index contributed by atoms with van der Waals surface area (Å²) in [6.45, 7) is 0.556. The molecule has 8 heteroatoms. The number of rotatable bonds is 4. The summed E-state index contributed by atoms with van der Waals surface area (Å²) < 4.78 is 19.7. The van der Waals surface area contributed by atoms with E-state index in [-0.39, 0.29) is 18.3 Å². The fraction of sp³-hybridized carbons (Fsp3) is 0.500. The first-order valence-electron chi connectivity index (χ1n) is 7.69. The molecule has 0 radical (unpaired) electrons. The van der Waals surface area contributed by atoms with Gasteiger partial charge in [-0.2, -0.15) is 0 Å². The molecule has 2 saturated heterocycles. The van der Waals surface area contributed by atoms with Crippen molar-refractivity contribution in [3.63, 3.8) is 0 Å². The maximum absolute atomic E-state index is 14.5. The molecule has 0 aromatic heterocycles. The van der Waals surface area contributed by atoms with Crippen LogP contribution < -0.4 is 4.90 Å². The first kappa shape index (κ1) is 17.4. The number of aliphatic hydroxyl groups is 1. The predicted molar refractivity (Wildman–Crippen MR) is 94.3 cm³/mol. The molecule has 0 aliphatic carbocycles. The van der Waals surface area contributed by atoms with E-state index in [1.807, 2.05) is 0 Å². The average molecular weight is 368 g/mol. The quantitative estimate of drug-likeness (QED) is 0.653. The van der Waals surface area contributed by atoms with E-state index in [0.717, 1.165) is 12.2 Å². The first-order chi connectivity index (χ1) is 11.6. The molecule has 1 unspecified atom stereocenters. The summed E-state index contributed by atoms with van der Waals surface area (Å²) in [7, 11) is 0. The van der Waals surface area contributed by atoms with Crippen LogP contribution in [0.4, 0.5) is 14.9 Å². The lowest BCUT2D eigenvalue weighted by Crippen LogP contribution is -2.25. The average Bonchev–Trinajstić information content (AvgIpc) is 2.93. The lowest BCUT2D eigenvalue weighted by Gasteiger charge is -2.26. The Bertz CT molecular complexity index is 681. The van der Waals surface area contributed by atoms with Crippen LogP contribution >= 0.6 is 24.0 Å².